The normalized spacial score (nSPS) is 18.7. The fourth-order valence-corrected chi connectivity index (χ4v) is 5.16. The molecule has 1 aromatic heterocycles. The van der Waals surface area contributed by atoms with Gasteiger partial charge in [0, 0.05) is 36.3 Å². The van der Waals surface area contributed by atoms with E-state index in [9.17, 15) is 18.0 Å². The van der Waals surface area contributed by atoms with Gasteiger partial charge in [-0.25, -0.2) is 18.2 Å². The summed E-state index contributed by atoms with van der Waals surface area (Å²) in [6.45, 7) is 7.88. The van der Waals surface area contributed by atoms with Crippen LogP contribution in [0.1, 0.15) is 54.4 Å². The average Bonchev–Trinajstić information content (AvgIpc) is 2.91. The molecule has 0 saturated carbocycles. The maximum Gasteiger partial charge on any atom is 0.240 e. The predicted molar refractivity (Wildman–Crippen MR) is 148 cm³/mol. The average molecular weight is 557 g/mol. The number of carbonyl (C=O) groups excluding carboxylic acids is 2. The minimum atomic E-state index is -1.25. The lowest BCUT2D eigenvalue weighted by atomic mass is 9.77. The summed E-state index contributed by atoms with van der Waals surface area (Å²) in [7, 11) is 0. The summed E-state index contributed by atoms with van der Waals surface area (Å²) in [4.78, 5) is 26.1. The minimum absolute atomic E-state index is 0.0881. The van der Waals surface area contributed by atoms with Gasteiger partial charge < -0.3 is 11.1 Å². The molecule has 3 unspecified atom stereocenters. The van der Waals surface area contributed by atoms with Crippen LogP contribution in [0.4, 0.5) is 19.0 Å². The van der Waals surface area contributed by atoms with Crippen molar-refractivity contribution in [2.75, 3.05) is 5.32 Å². The number of amides is 2. The fourth-order valence-electron chi connectivity index (χ4n) is 4.86. The molecular weight excluding hydrogens is 525 g/mol. The maximum atomic E-state index is 14.7. The molecule has 3 aromatic rings. The smallest absolute Gasteiger partial charge is 0.240 e. The lowest BCUT2D eigenvalue weighted by Gasteiger charge is -2.40. The minimum Gasteiger partial charge on any atom is -0.372 e. The number of nitrogens with two attached hydrogens (primary N) is 1. The van der Waals surface area contributed by atoms with Gasteiger partial charge in [0.25, 0.3) is 0 Å². The summed E-state index contributed by atoms with van der Waals surface area (Å²) in [5, 5.41) is 3.20. The highest BCUT2D eigenvalue weighted by atomic mass is 32.1. The molecule has 2 amide bonds. The molecule has 0 aliphatic carbocycles. The number of pyridine rings is 1. The second-order valence-electron chi connectivity index (χ2n) is 9.25. The maximum absolute atomic E-state index is 14.7. The van der Waals surface area contributed by atoms with Gasteiger partial charge in [0.2, 0.25) is 12.3 Å². The van der Waals surface area contributed by atoms with E-state index in [1.54, 1.807) is 13.1 Å². The first-order chi connectivity index (χ1) is 18.6. The van der Waals surface area contributed by atoms with E-state index in [1.165, 1.54) is 4.31 Å². The van der Waals surface area contributed by atoms with Crippen molar-refractivity contribution in [2.24, 2.45) is 5.73 Å². The number of nitrogens with one attached hydrogen (secondary N) is 1. The lowest BCUT2D eigenvalue weighted by Crippen LogP contribution is -2.44. The molecule has 206 valence electrons. The molecule has 1 aliphatic rings. The van der Waals surface area contributed by atoms with E-state index >= 15 is 0 Å². The molecule has 1 saturated heterocycles. The Balaban J connectivity index is 0.00000134. The highest BCUT2D eigenvalue weighted by molar-refractivity contribution is 7.78. The lowest BCUT2D eigenvalue weighted by molar-refractivity contribution is -0.131. The number of thiol groups is 1. The van der Waals surface area contributed by atoms with Crippen molar-refractivity contribution >= 4 is 30.9 Å². The highest BCUT2D eigenvalue weighted by Crippen LogP contribution is 2.43. The van der Waals surface area contributed by atoms with E-state index in [1.807, 2.05) is 43.3 Å². The standard InChI is InChI=1S/C28H28F3N3OS.CH3NO/c1-4-18-8-9-19(12-20(18)11-16(2)33-26-7-5-6-10-32-26)23-15-22(17(3)34(36)28(23)35)24-13-21(29)14-25(30)27(24)31;2-1-3/h5-10,12-14,17,22-23,36H,2,4,11,15H2,1,3H3,(H,32,33);1H,(H2,2,3). The second kappa shape index (κ2) is 13.3. The molecular formula is C29H31F3N4O2S. The van der Waals surface area contributed by atoms with E-state index in [0.29, 0.717) is 18.3 Å². The Labute approximate surface area is 231 Å². The number of aryl methyl sites for hydroxylation is 1. The third kappa shape index (κ3) is 7.00. The zero-order valence-corrected chi connectivity index (χ0v) is 22.6. The third-order valence-corrected chi connectivity index (χ3v) is 7.35. The molecule has 6 nitrogen and oxygen atoms in total. The molecule has 0 bridgehead atoms. The van der Waals surface area contributed by atoms with Crippen molar-refractivity contribution in [2.45, 2.75) is 51.0 Å². The van der Waals surface area contributed by atoms with Gasteiger partial charge in [-0.15, -0.1) is 0 Å². The molecule has 39 heavy (non-hydrogen) atoms. The summed E-state index contributed by atoms with van der Waals surface area (Å²) in [6, 6.07) is 12.4. The highest BCUT2D eigenvalue weighted by Gasteiger charge is 2.41. The SMILES string of the molecule is C=C(Cc1cc(C2CC(c3cc(F)cc(F)c3F)C(C)N(S)C2=O)ccc1CC)Nc1ccccn1.NC=O. The van der Waals surface area contributed by atoms with Gasteiger partial charge in [0.15, 0.2) is 11.6 Å². The van der Waals surface area contributed by atoms with Crippen molar-refractivity contribution in [3.63, 3.8) is 0 Å². The summed E-state index contributed by atoms with van der Waals surface area (Å²) in [5.41, 5.74) is 7.67. The molecule has 1 fully saturated rings. The molecule has 3 atom stereocenters. The molecule has 2 aromatic carbocycles. The Bertz CT molecular complexity index is 1340. The van der Waals surface area contributed by atoms with Crippen LogP contribution in [0, 0.1) is 17.5 Å². The van der Waals surface area contributed by atoms with Gasteiger partial charge in [0.05, 0.1) is 5.92 Å². The van der Waals surface area contributed by atoms with E-state index in [2.05, 4.69) is 35.4 Å². The van der Waals surface area contributed by atoms with Crippen LogP contribution < -0.4 is 11.1 Å². The number of primary amides is 1. The van der Waals surface area contributed by atoms with Gasteiger partial charge in [-0.05, 0) is 60.2 Å². The number of nitrogens with zero attached hydrogens (tertiary/aromatic N) is 2. The van der Waals surface area contributed by atoms with Crippen LogP contribution >= 0.6 is 12.8 Å². The predicted octanol–water partition coefficient (Wildman–Crippen LogP) is 5.66. The number of halogens is 3. The molecule has 1 aliphatic heterocycles. The van der Waals surface area contributed by atoms with Gasteiger partial charge in [-0.2, -0.15) is 0 Å². The quantitative estimate of drug-likeness (QED) is 0.199. The van der Waals surface area contributed by atoms with Crippen molar-refractivity contribution in [3.8, 4) is 0 Å². The molecule has 4 rings (SSSR count). The number of rotatable bonds is 7. The number of carbonyl (C=O) groups is 2. The number of allylic oxidation sites excluding steroid dienone is 1. The van der Waals surface area contributed by atoms with Gasteiger partial charge in [-0.1, -0.05) is 50.6 Å². The van der Waals surface area contributed by atoms with E-state index < -0.39 is 35.3 Å². The Morgan fingerprint density at radius 3 is 2.56 bits per heavy atom. The first-order valence-corrected chi connectivity index (χ1v) is 12.8. The number of aromatic nitrogens is 1. The van der Waals surface area contributed by atoms with Crippen LogP contribution in [0.3, 0.4) is 0 Å². The fraction of sp³-hybridized carbons (Fsp3) is 0.276. The number of anilines is 1. The van der Waals surface area contributed by atoms with Crippen LogP contribution in [-0.2, 0) is 22.4 Å². The van der Waals surface area contributed by atoms with Crippen molar-refractivity contribution in [3.05, 3.63) is 107 Å². The summed E-state index contributed by atoms with van der Waals surface area (Å²) >= 11 is 4.37. The zero-order valence-electron chi connectivity index (χ0n) is 21.7. The Morgan fingerprint density at radius 2 is 1.92 bits per heavy atom. The summed E-state index contributed by atoms with van der Waals surface area (Å²) in [6.07, 6.45) is 3.45. The topological polar surface area (TPSA) is 88.3 Å². The Hall–Kier alpha value is -3.79. The van der Waals surface area contributed by atoms with E-state index in [-0.39, 0.29) is 24.3 Å². The van der Waals surface area contributed by atoms with Gasteiger partial charge >= 0.3 is 0 Å². The van der Waals surface area contributed by atoms with Gasteiger partial charge in [-0.3, -0.25) is 13.9 Å². The van der Waals surface area contributed by atoms with E-state index in [4.69, 9.17) is 4.79 Å². The van der Waals surface area contributed by atoms with Crippen LogP contribution in [0.15, 0.2) is 67.0 Å². The van der Waals surface area contributed by atoms with E-state index in [0.717, 1.165) is 34.9 Å². The van der Waals surface area contributed by atoms with Crippen LogP contribution in [0.5, 0.6) is 0 Å². The largest absolute Gasteiger partial charge is 0.372 e. The van der Waals surface area contributed by atoms with Crippen molar-refractivity contribution in [1.29, 1.82) is 0 Å². The Kier molecular flexibility index (Phi) is 10.2. The Morgan fingerprint density at radius 1 is 1.21 bits per heavy atom. The second-order valence-corrected chi connectivity index (χ2v) is 9.68. The molecule has 10 heteroatoms. The number of piperidine rings is 1. The van der Waals surface area contributed by atoms with Gasteiger partial charge in [0.1, 0.15) is 11.6 Å². The molecule has 2 heterocycles. The zero-order chi connectivity index (χ0) is 28.7. The van der Waals surface area contributed by atoms with Crippen LogP contribution in [0.2, 0.25) is 0 Å². The molecule has 0 spiro atoms. The molecule has 0 radical (unpaired) electrons. The number of benzene rings is 2. The monoisotopic (exact) mass is 556 g/mol. The van der Waals surface area contributed by atoms with Crippen molar-refractivity contribution in [1.82, 2.24) is 9.29 Å². The summed E-state index contributed by atoms with van der Waals surface area (Å²) in [5.74, 6) is -4.02. The van der Waals surface area contributed by atoms with Crippen LogP contribution in [-0.4, -0.2) is 27.6 Å². The third-order valence-electron chi connectivity index (χ3n) is 6.79. The number of hydrogen-bond acceptors (Lipinski definition) is 5. The van der Waals surface area contributed by atoms with Crippen molar-refractivity contribution < 1.29 is 22.8 Å². The first kappa shape index (κ1) is 29.8. The number of hydrogen-bond donors (Lipinski definition) is 3. The van der Waals surface area contributed by atoms with Crippen LogP contribution in [0.25, 0.3) is 0 Å². The molecule has 3 N–H and O–H groups in total. The first-order valence-electron chi connectivity index (χ1n) is 12.4. The summed E-state index contributed by atoms with van der Waals surface area (Å²) < 4.78 is 43.9.